The number of carbonyl (C=O) groups is 1. The number of halogens is 3. The lowest BCUT2D eigenvalue weighted by atomic mass is 10.0. The fourth-order valence-corrected chi connectivity index (χ4v) is 1.76. The standard InChI is InChI=1S/C13H8ClF2NO/c14-11-7-17-4-3-10(11)13(18)5-8-1-2-9(15)6-12(8)16/h1-4,6-7H,5H2. The molecule has 0 saturated heterocycles. The SMILES string of the molecule is O=C(Cc1ccc(F)cc1F)c1ccncc1Cl. The van der Waals surface area contributed by atoms with Crippen molar-refractivity contribution in [2.75, 3.05) is 0 Å². The van der Waals surface area contributed by atoms with Crippen molar-refractivity contribution in [3.8, 4) is 0 Å². The molecule has 92 valence electrons. The highest BCUT2D eigenvalue weighted by Gasteiger charge is 2.13. The van der Waals surface area contributed by atoms with Gasteiger partial charge >= 0.3 is 0 Å². The summed E-state index contributed by atoms with van der Waals surface area (Å²) in [6, 6.07) is 4.57. The molecule has 1 aromatic heterocycles. The topological polar surface area (TPSA) is 30.0 Å². The molecule has 2 rings (SSSR count). The number of nitrogens with zero attached hydrogens (tertiary/aromatic N) is 1. The summed E-state index contributed by atoms with van der Waals surface area (Å²) in [5.74, 6) is -1.76. The van der Waals surface area contributed by atoms with Crippen LogP contribution in [0, 0.1) is 11.6 Å². The molecule has 0 radical (unpaired) electrons. The second-order valence-corrected chi connectivity index (χ2v) is 4.10. The van der Waals surface area contributed by atoms with Gasteiger partial charge in [-0.25, -0.2) is 8.78 Å². The Bertz CT molecular complexity index is 601. The first-order valence-electron chi connectivity index (χ1n) is 5.14. The van der Waals surface area contributed by atoms with Crippen LogP contribution in [0.15, 0.2) is 36.7 Å². The quantitative estimate of drug-likeness (QED) is 0.798. The van der Waals surface area contributed by atoms with E-state index in [1.807, 2.05) is 0 Å². The molecule has 0 aliphatic carbocycles. The molecule has 0 amide bonds. The van der Waals surface area contributed by atoms with Crippen LogP contribution in [0.2, 0.25) is 5.02 Å². The molecule has 1 aromatic carbocycles. The molecule has 0 N–H and O–H groups in total. The molecule has 0 unspecified atom stereocenters. The van der Waals surface area contributed by atoms with Crippen LogP contribution in [0.4, 0.5) is 8.78 Å². The van der Waals surface area contributed by atoms with Crippen molar-refractivity contribution in [3.05, 3.63) is 64.4 Å². The number of rotatable bonds is 3. The predicted molar refractivity (Wildman–Crippen MR) is 63.6 cm³/mol. The first-order valence-corrected chi connectivity index (χ1v) is 5.52. The molecule has 0 aliphatic heterocycles. The molecule has 0 aliphatic rings. The first kappa shape index (κ1) is 12.6. The van der Waals surface area contributed by atoms with E-state index in [1.165, 1.54) is 24.5 Å². The zero-order valence-corrected chi connectivity index (χ0v) is 9.92. The Morgan fingerprint density at radius 2 is 2.06 bits per heavy atom. The maximum atomic E-state index is 13.4. The molecule has 0 spiro atoms. The summed E-state index contributed by atoms with van der Waals surface area (Å²) in [6.45, 7) is 0. The van der Waals surface area contributed by atoms with Crippen LogP contribution in [0.25, 0.3) is 0 Å². The number of hydrogen-bond donors (Lipinski definition) is 0. The number of carbonyl (C=O) groups excluding carboxylic acids is 1. The average Bonchev–Trinajstić information content (AvgIpc) is 2.33. The highest BCUT2D eigenvalue weighted by molar-refractivity contribution is 6.33. The van der Waals surface area contributed by atoms with Crippen LogP contribution in [0.5, 0.6) is 0 Å². The van der Waals surface area contributed by atoms with E-state index in [2.05, 4.69) is 4.98 Å². The van der Waals surface area contributed by atoms with E-state index in [0.717, 1.165) is 12.1 Å². The van der Waals surface area contributed by atoms with Gasteiger partial charge in [0.25, 0.3) is 0 Å². The maximum Gasteiger partial charge on any atom is 0.168 e. The zero-order chi connectivity index (χ0) is 13.1. The third-order valence-electron chi connectivity index (χ3n) is 2.44. The second-order valence-electron chi connectivity index (χ2n) is 3.69. The van der Waals surface area contributed by atoms with E-state index < -0.39 is 11.6 Å². The number of benzene rings is 1. The Morgan fingerprint density at radius 1 is 1.28 bits per heavy atom. The number of hydrogen-bond acceptors (Lipinski definition) is 2. The van der Waals surface area contributed by atoms with Crippen molar-refractivity contribution in [2.24, 2.45) is 0 Å². The van der Waals surface area contributed by atoms with Crippen LogP contribution in [0.3, 0.4) is 0 Å². The van der Waals surface area contributed by atoms with Crippen LogP contribution in [-0.2, 0) is 6.42 Å². The average molecular weight is 268 g/mol. The van der Waals surface area contributed by atoms with Gasteiger partial charge in [0.1, 0.15) is 11.6 Å². The number of aromatic nitrogens is 1. The normalized spacial score (nSPS) is 10.4. The van der Waals surface area contributed by atoms with Gasteiger partial charge in [-0.1, -0.05) is 17.7 Å². The molecule has 0 saturated carbocycles. The van der Waals surface area contributed by atoms with Crippen molar-refractivity contribution in [1.29, 1.82) is 0 Å². The van der Waals surface area contributed by atoms with Gasteiger partial charge in [0.2, 0.25) is 0 Å². The number of pyridine rings is 1. The minimum atomic E-state index is -0.742. The van der Waals surface area contributed by atoms with E-state index in [0.29, 0.717) is 0 Å². The molecule has 5 heteroatoms. The number of ketones is 1. The molecular formula is C13H8ClF2NO. The summed E-state index contributed by atoms with van der Waals surface area (Å²) in [7, 11) is 0. The third kappa shape index (κ3) is 2.71. The number of Topliss-reactive ketones (excluding diaryl/α,β-unsaturated/α-hetero) is 1. The summed E-state index contributed by atoms with van der Waals surface area (Å²) < 4.78 is 26.1. The van der Waals surface area contributed by atoms with Crippen molar-refractivity contribution < 1.29 is 13.6 Å². The van der Waals surface area contributed by atoms with E-state index in [1.54, 1.807) is 0 Å². The van der Waals surface area contributed by atoms with Gasteiger partial charge in [-0.3, -0.25) is 9.78 Å². The van der Waals surface area contributed by atoms with Crippen molar-refractivity contribution in [1.82, 2.24) is 4.98 Å². The largest absolute Gasteiger partial charge is 0.294 e. The lowest BCUT2D eigenvalue weighted by Gasteiger charge is -2.04. The highest BCUT2D eigenvalue weighted by atomic mass is 35.5. The van der Waals surface area contributed by atoms with E-state index >= 15 is 0 Å². The molecule has 0 atom stereocenters. The monoisotopic (exact) mass is 267 g/mol. The molecule has 18 heavy (non-hydrogen) atoms. The van der Waals surface area contributed by atoms with Crippen LogP contribution in [-0.4, -0.2) is 10.8 Å². The van der Waals surface area contributed by atoms with Gasteiger partial charge in [-0.2, -0.15) is 0 Å². The van der Waals surface area contributed by atoms with Gasteiger partial charge in [-0.15, -0.1) is 0 Å². The van der Waals surface area contributed by atoms with Gasteiger partial charge in [0, 0.05) is 30.4 Å². The molecule has 2 nitrogen and oxygen atoms in total. The molecular weight excluding hydrogens is 260 g/mol. The maximum absolute atomic E-state index is 13.4. The third-order valence-corrected chi connectivity index (χ3v) is 2.74. The Balaban J connectivity index is 2.24. The van der Waals surface area contributed by atoms with Crippen LogP contribution in [0.1, 0.15) is 15.9 Å². The summed E-state index contributed by atoms with van der Waals surface area (Å²) in [5.41, 5.74) is 0.407. The summed E-state index contributed by atoms with van der Waals surface area (Å²) in [6.07, 6.45) is 2.60. The minimum absolute atomic E-state index is 0.134. The first-order chi connectivity index (χ1) is 8.58. The van der Waals surface area contributed by atoms with Crippen LogP contribution < -0.4 is 0 Å². The highest BCUT2D eigenvalue weighted by Crippen LogP contribution is 2.18. The van der Waals surface area contributed by atoms with Crippen LogP contribution >= 0.6 is 11.6 Å². The van der Waals surface area contributed by atoms with Crippen molar-refractivity contribution in [2.45, 2.75) is 6.42 Å². The Labute approximate surface area is 107 Å². The fourth-order valence-electron chi connectivity index (χ4n) is 1.53. The van der Waals surface area contributed by atoms with Gasteiger partial charge in [0.05, 0.1) is 5.02 Å². The van der Waals surface area contributed by atoms with Gasteiger partial charge < -0.3 is 0 Å². The Morgan fingerprint density at radius 3 is 2.72 bits per heavy atom. The van der Waals surface area contributed by atoms with E-state index in [4.69, 9.17) is 11.6 Å². The summed E-state index contributed by atoms with van der Waals surface area (Å²) in [4.78, 5) is 15.7. The lowest BCUT2D eigenvalue weighted by Crippen LogP contribution is -2.06. The van der Waals surface area contributed by atoms with E-state index in [9.17, 15) is 13.6 Å². The zero-order valence-electron chi connectivity index (χ0n) is 9.16. The molecule has 0 fully saturated rings. The van der Waals surface area contributed by atoms with Crippen molar-refractivity contribution in [3.63, 3.8) is 0 Å². The fraction of sp³-hybridized carbons (Fsp3) is 0.0769. The molecule has 0 bridgehead atoms. The van der Waals surface area contributed by atoms with Gasteiger partial charge in [-0.05, 0) is 17.7 Å². The molecule has 1 heterocycles. The smallest absolute Gasteiger partial charge is 0.168 e. The van der Waals surface area contributed by atoms with Gasteiger partial charge in [0.15, 0.2) is 5.78 Å². The molecule has 2 aromatic rings. The Kier molecular flexibility index (Phi) is 3.67. The second kappa shape index (κ2) is 5.23. The summed E-state index contributed by atoms with van der Waals surface area (Å²) in [5, 5.41) is 0.213. The predicted octanol–water partition coefficient (Wildman–Crippen LogP) is 3.44. The lowest BCUT2D eigenvalue weighted by molar-refractivity contribution is 0.0992. The Hall–Kier alpha value is -1.81. The van der Waals surface area contributed by atoms with Crippen molar-refractivity contribution >= 4 is 17.4 Å². The minimum Gasteiger partial charge on any atom is -0.294 e. The van der Waals surface area contributed by atoms with E-state index in [-0.39, 0.29) is 28.4 Å². The summed E-state index contributed by atoms with van der Waals surface area (Å²) >= 11 is 5.81.